The summed E-state index contributed by atoms with van der Waals surface area (Å²) in [5.74, 6) is -6.88. The number of nitrogens with one attached hydrogen (secondary N) is 3. The summed E-state index contributed by atoms with van der Waals surface area (Å²) in [7, 11) is 1.31. The fourth-order valence-electron chi connectivity index (χ4n) is 4.23. The highest BCUT2D eigenvalue weighted by Gasteiger charge is 2.67. The third-order valence-corrected chi connectivity index (χ3v) is 7.52. The molecule has 0 saturated heterocycles. The van der Waals surface area contributed by atoms with E-state index in [-0.39, 0.29) is 39.8 Å². The molecule has 0 bridgehead atoms. The molecule has 0 radical (unpaired) electrons. The fourth-order valence-corrected chi connectivity index (χ4v) is 5.23. The number of hydrogen-bond acceptors (Lipinski definition) is 4. The Balaban J connectivity index is 1.47. The van der Waals surface area contributed by atoms with Crippen LogP contribution in [0.3, 0.4) is 0 Å². The van der Waals surface area contributed by atoms with Gasteiger partial charge in [0, 0.05) is 24.4 Å². The second-order valence-corrected chi connectivity index (χ2v) is 11.0. The van der Waals surface area contributed by atoms with Crippen LogP contribution in [-0.4, -0.2) is 35.8 Å². The molecule has 3 aromatic carbocycles. The summed E-state index contributed by atoms with van der Waals surface area (Å²) < 4.78 is 70.7. The Kier molecular flexibility index (Phi) is 9.02. The number of benzene rings is 3. The average molecular weight is 651 g/mol. The number of anilines is 3. The van der Waals surface area contributed by atoms with Crippen molar-refractivity contribution in [1.29, 1.82) is 0 Å². The van der Waals surface area contributed by atoms with Crippen molar-refractivity contribution in [2.24, 2.45) is 5.92 Å². The van der Waals surface area contributed by atoms with Crippen LogP contribution in [0.5, 0.6) is 0 Å². The van der Waals surface area contributed by atoms with E-state index in [9.17, 15) is 36.3 Å². The van der Waals surface area contributed by atoms with Crippen LogP contribution < -0.4 is 16.0 Å². The molecular weight excluding hydrogens is 632 g/mol. The molecule has 4 rings (SSSR count). The van der Waals surface area contributed by atoms with E-state index < -0.39 is 57.3 Å². The first-order valence-electron chi connectivity index (χ1n) is 11.9. The lowest BCUT2D eigenvalue weighted by Crippen LogP contribution is -2.19. The van der Waals surface area contributed by atoms with Gasteiger partial charge in [0.15, 0.2) is 0 Å². The third-order valence-electron chi connectivity index (χ3n) is 6.25. The topological polar surface area (TPSA) is 96.5 Å². The van der Waals surface area contributed by atoms with Gasteiger partial charge < -0.3 is 20.7 Å². The van der Waals surface area contributed by atoms with Gasteiger partial charge in [-0.2, -0.15) is 13.2 Å². The number of halogens is 8. The van der Waals surface area contributed by atoms with Gasteiger partial charge in [-0.3, -0.25) is 14.4 Å². The molecule has 42 heavy (non-hydrogen) atoms. The molecule has 222 valence electrons. The molecule has 1 aliphatic rings. The lowest BCUT2D eigenvalue weighted by Gasteiger charge is -2.12. The number of amides is 3. The van der Waals surface area contributed by atoms with Gasteiger partial charge in [-0.1, -0.05) is 17.7 Å². The number of hydrogen-bond donors (Lipinski definition) is 3. The van der Waals surface area contributed by atoms with E-state index >= 15 is 0 Å². The summed E-state index contributed by atoms with van der Waals surface area (Å²) in [5, 5.41) is 7.35. The van der Waals surface area contributed by atoms with E-state index in [0.717, 1.165) is 18.2 Å². The second-order valence-electron chi connectivity index (χ2n) is 9.18. The van der Waals surface area contributed by atoms with Crippen molar-refractivity contribution in [3.8, 4) is 0 Å². The summed E-state index contributed by atoms with van der Waals surface area (Å²) >= 11 is 18.6. The first kappa shape index (κ1) is 31.5. The number of methoxy groups -OCH3 is 1. The largest absolute Gasteiger partial charge is 0.419 e. The highest BCUT2D eigenvalue weighted by Crippen LogP contribution is 2.65. The molecule has 7 nitrogen and oxygen atoms in total. The van der Waals surface area contributed by atoms with Gasteiger partial charge in [0.2, 0.25) is 11.8 Å². The van der Waals surface area contributed by atoms with E-state index in [1.54, 1.807) is 0 Å². The normalized spacial score (nSPS) is 17.4. The molecule has 3 N–H and O–H groups in total. The van der Waals surface area contributed by atoms with Gasteiger partial charge in [-0.15, -0.1) is 23.2 Å². The Morgan fingerprint density at radius 2 is 1.57 bits per heavy atom. The van der Waals surface area contributed by atoms with Crippen molar-refractivity contribution in [1.82, 2.24) is 0 Å². The lowest BCUT2D eigenvalue weighted by atomic mass is 10.0. The van der Waals surface area contributed by atoms with Crippen molar-refractivity contribution in [3.63, 3.8) is 0 Å². The Morgan fingerprint density at radius 3 is 2.21 bits per heavy atom. The SMILES string of the molecule is COCC(=O)Nc1ccc(C(=O)Nc2cc(NC(=O)[C@H]3[C@H](c4ccc(F)c(C(F)(F)F)c4)C3(Cl)Cl)ccc2Cl)c(F)c1. The van der Waals surface area contributed by atoms with Gasteiger partial charge in [-0.25, -0.2) is 8.78 Å². The Labute approximate surface area is 250 Å². The van der Waals surface area contributed by atoms with E-state index in [1.165, 1.54) is 31.4 Å². The van der Waals surface area contributed by atoms with Crippen LogP contribution in [0.15, 0.2) is 54.6 Å². The molecule has 2 atom stereocenters. The minimum absolute atomic E-state index is 0.0138. The maximum absolute atomic E-state index is 14.6. The molecule has 1 aliphatic carbocycles. The molecule has 0 aromatic heterocycles. The zero-order valence-electron chi connectivity index (χ0n) is 21.2. The highest BCUT2D eigenvalue weighted by molar-refractivity contribution is 6.53. The number of carbonyl (C=O) groups is 3. The maximum Gasteiger partial charge on any atom is 0.419 e. The quantitative estimate of drug-likeness (QED) is 0.181. The molecular formula is C27H19Cl3F5N3O4. The molecule has 15 heteroatoms. The molecule has 0 unspecified atom stereocenters. The second kappa shape index (κ2) is 12.0. The van der Waals surface area contributed by atoms with E-state index in [1.807, 2.05) is 0 Å². The average Bonchev–Trinajstić information content (AvgIpc) is 3.47. The van der Waals surface area contributed by atoms with Gasteiger partial charge in [0.25, 0.3) is 5.91 Å². The summed E-state index contributed by atoms with van der Waals surface area (Å²) in [6.45, 7) is -0.251. The first-order valence-corrected chi connectivity index (χ1v) is 13.0. The standard InChI is InChI=1S/C27H19Cl3F5N3O4/c1-42-11-21(39)36-13-3-5-15(19(32)9-13)24(40)38-20-10-14(4-6-17(20)28)37-25(41)23-22(26(23,29)30)12-2-7-18(31)16(8-12)27(33,34)35/h2-10,22-23H,11H2,1H3,(H,36,39)(H,37,41)(H,38,40)/t22-,23+/m0/s1. The molecule has 3 amide bonds. The van der Waals surface area contributed by atoms with E-state index in [4.69, 9.17) is 34.8 Å². The van der Waals surface area contributed by atoms with Gasteiger partial charge >= 0.3 is 6.18 Å². The predicted molar refractivity (Wildman–Crippen MR) is 147 cm³/mol. The molecule has 0 heterocycles. The molecule has 1 fully saturated rings. The summed E-state index contributed by atoms with van der Waals surface area (Å²) in [6, 6.07) is 9.59. The van der Waals surface area contributed by atoms with E-state index in [0.29, 0.717) is 12.1 Å². The van der Waals surface area contributed by atoms with Crippen molar-refractivity contribution in [2.75, 3.05) is 29.7 Å². The smallest absolute Gasteiger partial charge is 0.375 e. The van der Waals surface area contributed by atoms with Crippen molar-refractivity contribution < 1.29 is 41.1 Å². The summed E-state index contributed by atoms with van der Waals surface area (Å²) in [4.78, 5) is 37.3. The van der Waals surface area contributed by atoms with E-state index in [2.05, 4.69) is 20.7 Å². The van der Waals surface area contributed by atoms with Crippen molar-refractivity contribution >= 4 is 69.6 Å². The van der Waals surface area contributed by atoms with Gasteiger partial charge in [0.05, 0.1) is 27.8 Å². The number of rotatable bonds is 8. The van der Waals surface area contributed by atoms with Gasteiger partial charge in [0.1, 0.15) is 22.6 Å². The van der Waals surface area contributed by atoms with Gasteiger partial charge in [-0.05, 0) is 54.1 Å². The molecule has 0 spiro atoms. The molecule has 1 saturated carbocycles. The van der Waals surface area contributed by atoms with Crippen LogP contribution in [0.1, 0.15) is 27.4 Å². The highest BCUT2D eigenvalue weighted by atomic mass is 35.5. The zero-order chi connectivity index (χ0) is 31.0. The monoisotopic (exact) mass is 649 g/mol. The Morgan fingerprint density at radius 1 is 0.905 bits per heavy atom. The maximum atomic E-state index is 14.6. The number of carbonyl (C=O) groups excluding carboxylic acids is 3. The van der Waals surface area contributed by atoms with Crippen LogP contribution in [0.2, 0.25) is 5.02 Å². The number of alkyl halides is 5. The number of ether oxygens (including phenoxy) is 1. The summed E-state index contributed by atoms with van der Waals surface area (Å²) in [6.07, 6.45) is -4.97. The van der Waals surface area contributed by atoms with Crippen LogP contribution in [0.4, 0.5) is 39.0 Å². The molecule has 0 aliphatic heterocycles. The third kappa shape index (κ3) is 6.78. The minimum Gasteiger partial charge on any atom is -0.375 e. The van der Waals surface area contributed by atoms with Crippen LogP contribution in [0, 0.1) is 17.6 Å². The predicted octanol–water partition coefficient (Wildman–Crippen LogP) is 7.00. The van der Waals surface area contributed by atoms with Crippen molar-refractivity contribution in [3.05, 3.63) is 87.9 Å². The van der Waals surface area contributed by atoms with Crippen LogP contribution in [-0.2, 0) is 20.5 Å². The lowest BCUT2D eigenvalue weighted by molar-refractivity contribution is -0.140. The van der Waals surface area contributed by atoms with Crippen LogP contribution in [0.25, 0.3) is 0 Å². The Bertz CT molecular complexity index is 1570. The zero-order valence-corrected chi connectivity index (χ0v) is 23.5. The first-order chi connectivity index (χ1) is 19.6. The molecule has 3 aromatic rings. The minimum atomic E-state index is -4.97. The van der Waals surface area contributed by atoms with Crippen LogP contribution >= 0.6 is 34.8 Å². The van der Waals surface area contributed by atoms with Crippen molar-refractivity contribution in [2.45, 2.75) is 16.4 Å². The Hall–Kier alpha value is -3.45. The fraction of sp³-hybridized carbons (Fsp3) is 0.222. The summed E-state index contributed by atoms with van der Waals surface area (Å²) in [5.41, 5.74) is -1.80.